The average molecular weight is 371 g/mol. The molecule has 2 rings (SSSR count). The van der Waals surface area contributed by atoms with Crippen molar-refractivity contribution in [1.82, 2.24) is 15.1 Å². The molecule has 0 radical (unpaired) electrons. The predicted octanol–water partition coefficient (Wildman–Crippen LogP) is 1.52. The minimum Gasteiger partial charge on any atom is -0.352 e. The first kappa shape index (κ1) is 19.7. The number of hydrogen-bond acceptors (Lipinski definition) is 3. The van der Waals surface area contributed by atoms with E-state index in [-0.39, 0.29) is 30.3 Å². The Morgan fingerprint density at radius 3 is 2.04 bits per heavy atom. The van der Waals surface area contributed by atoms with E-state index in [1.54, 1.807) is 9.80 Å². The van der Waals surface area contributed by atoms with Crippen molar-refractivity contribution < 1.29 is 27.6 Å². The van der Waals surface area contributed by atoms with E-state index >= 15 is 0 Å². The normalized spacial score (nSPS) is 14.9. The second-order valence-corrected chi connectivity index (χ2v) is 5.97. The lowest BCUT2D eigenvalue weighted by molar-refractivity contribution is -0.138. The first-order valence-electron chi connectivity index (χ1n) is 8.17. The highest BCUT2D eigenvalue weighted by atomic mass is 19.4. The van der Waals surface area contributed by atoms with E-state index in [2.05, 4.69) is 5.32 Å². The number of hydrogen-bond donors (Lipinski definition) is 1. The maximum atomic E-state index is 12.5. The van der Waals surface area contributed by atoms with Crippen molar-refractivity contribution in [1.29, 1.82) is 0 Å². The Balaban J connectivity index is 1.76. The van der Waals surface area contributed by atoms with Gasteiger partial charge in [-0.25, -0.2) is 0 Å². The number of amides is 3. The number of benzene rings is 1. The molecule has 1 fully saturated rings. The number of piperazine rings is 1. The third-order valence-electron chi connectivity index (χ3n) is 4.18. The summed E-state index contributed by atoms with van der Waals surface area (Å²) in [6.45, 7) is 3.44. The van der Waals surface area contributed by atoms with Crippen LogP contribution in [0.3, 0.4) is 0 Å². The van der Waals surface area contributed by atoms with E-state index in [0.29, 0.717) is 26.2 Å². The van der Waals surface area contributed by atoms with Gasteiger partial charge in [-0.15, -0.1) is 0 Å². The van der Waals surface area contributed by atoms with Crippen molar-refractivity contribution in [3.05, 3.63) is 35.4 Å². The van der Waals surface area contributed by atoms with Gasteiger partial charge in [0, 0.05) is 51.6 Å². The van der Waals surface area contributed by atoms with E-state index in [1.165, 1.54) is 6.92 Å². The van der Waals surface area contributed by atoms with Crippen LogP contribution >= 0.6 is 0 Å². The van der Waals surface area contributed by atoms with Gasteiger partial charge in [0.1, 0.15) is 0 Å². The molecular formula is C17H20F3N3O3. The Morgan fingerprint density at radius 2 is 1.54 bits per heavy atom. The molecule has 1 aliphatic heterocycles. The maximum Gasteiger partial charge on any atom is 0.416 e. The van der Waals surface area contributed by atoms with Gasteiger partial charge >= 0.3 is 6.18 Å². The lowest BCUT2D eigenvalue weighted by atomic mass is 10.1. The number of carbonyl (C=O) groups excluding carboxylic acids is 3. The van der Waals surface area contributed by atoms with Gasteiger partial charge in [-0.1, -0.05) is 0 Å². The smallest absolute Gasteiger partial charge is 0.352 e. The zero-order chi connectivity index (χ0) is 19.3. The highest BCUT2D eigenvalue weighted by Crippen LogP contribution is 2.29. The van der Waals surface area contributed by atoms with Crippen LogP contribution < -0.4 is 5.32 Å². The SMILES string of the molecule is CC(=O)N1CCN(C(=O)CCNC(=O)c2ccc(C(F)(F)F)cc2)CC1. The molecule has 1 aliphatic rings. The maximum absolute atomic E-state index is 12.5. The van der Waals surface area contributed by atoms with Crippen LogP contribution in [0.2, 0.25) is 0 Å². The zero-order valence-corrected chi connectivity index (χ0v) is 14.3. The molecule has 9 heteroatoms. The molecule has 1 heterocycles. The van der Waals surface area contributed by atoms with E-state index in [0.717, 1.165) is 24.3 Å². The molecule has 0 aromatic heterocycles. The lowest BCUT2D eigenvalue weighted by Gasteiger charge is -2.34. The Labute approximate surface area is 148 Å². The van der Waals surface area contributed by atoms with Gasteiger partial charge in [0.15, 0.2) is 0 Å². The molecule has 0 atom stereocenters. The molecule has 1 saturated heterocycles. The molecule has 0 unspecified atom stereocenters. The van der Waals surface area contributed by atoms with E-state index in [4.69, 9.17) is 0 Å². The van der Waals surface area contributed by atoms with Crippen molar-refractivity contribution in [2.45, 2.75) is 19.5 Å². The monoisotopic (exact) mass is 371 g/mol. The van der Waals surface area contributed by atoms with E-state index < -0.39 is 17.6 Å². The van der Waals surface area contributed by atoms with E-state index in [1.807, 2.05) is 0 Å². The second kappa shape index (κ2) is 8.20. The zero-order valence-electron chi connectivity index (χ0n) is 14.3. The number of carbonyl (C=O) groups is 3. The minimum absolute atomic E-state index is 0.0269. The summed E-state index contributed by atoms with van der Waals surface area (Å²) in [5, 5.41) is 2.52. The van der Waals surface area contributed by atoms with Crippen LogP contribution in [0.5, 0.6) is 0 Å². The first-order valence-corrected chi connectivity index (χ1v) is 8.17. The number of halogens is 3. The van der Waals surface area contributed by atoms with Crippen LogP contribution in [-0.2, 0) is 15.8 Å². The molecular weight excluding hydrogens is 351 g/mol. The average Bonchev–Trinajstić information content (AvgIpc) is 2.61. The van der Waals surface area contributed by atoms with Crippen molar-refractivity contribution >= 4 is 17.7 Å². The fraction of sp³-hybridized carbons (Fsp3) is 0.471. The Bertz CT molecular complexity index is 666. The van der Waals surface area contributed by atoms with Crippen molar-refractivity contribution in [3.63, 3.8) is 0 Å². The quantitative estimate of drug-likeness (QED) is 0.873. The molecule has 1 aromatic rings. The van der Waals surface area contributed by atoms with Gasteiger partial charge in [-0.2, -0.15) is 13.2 Å². The summed E-state index contributed by atoms with van der Waals surface area (Å²) in [5.41, 5.74) is -0.727. The molecule has 26 heavy (non-hydrogen) atoms. The molecule has 0 spiro atoms. The fourth-order valence-corrected chi connectivity index (χ4v) is 2.62. The largest absolute Gasteiger partial charge is 0.416 e. The van der Waals surface area contributed by atoms with Gasteiger partial charge in [0.05, 0.1) is 5.56 Å². The predicted molar refractivity (Wildman–Crippen MR) is 87.2 cm³/mol. The van der Waals surface area contributed by atoms with Crippen LogP contribution in [-0.4, -0.2) is 60.2 Å². The topological polar surface area (TPSA) is 69.7 Å². The molecule has 0 bridgehead atoms. The number of nitrogens with zero attached hydrogens (tertiary/aromatic N) is 2. The number of alkyl halides is 3. The molecule has 0 saturated carbocycles. The van der Waals surface area contributed by atoms with E-state index in [9.17, 15) is 27.6 Å². The minimum atomic E-state index is -4.45. The van der Waals surface area contributed by atoms with Crippen LogP contribution in [0.4, 0.5) is 13.2 Å². The Kier molecular flexibility index (Phi) is 6.23. The first-order chi connectivity index (χ1) is 12.2. The van der Waals surface area contributed by atoms with Crippen LogP contribution in [0.15, 0.2) is 24.3 Å². The highest BCUT2D eigenvalue weighted by Gasteiger charge is 2.30. The Hall–Kier alpha value is -2.58. The molecule has 1 aromatic carbocycles. The molecule has 6 nitrogen and oxygen atoms in total. The highest BCUT2D eigenvalue weighted by molar-refractivity contribution is 5.94. The van der Waals surface area contributed by atoms with Crippen LogP contribution in [0.1, 0.15) is 29.3 Å². The molecule has 142 valence electrons. The molecule has 0 aliphatic carbocycles. The van der Waals surface area contributed by atoms with Crippen molar-refractivity contribution in [2.75, 3.05) is 32.7 Å². The molecule has 1 N–H and O–H groups in total. The Morgan fingerprint density at radius 1 is 1.00 bits per heavy atom. The fourth-order valence-electron chi connectivity index (χ4n) is 2.62. The molecule has 3 amide bonds. The summed E-state index contributed by atoms with van der Waals surface area (Å²) in [5.74, 6) is -0.699. The lowest BCUT2D eigenvalue weighted by Crippen LogP contribution is -2.50. The summed E-state index contributed by atoms with van der Waals surface area (Å²) >= 11 is 0. The summed E-state index contributed by atoms with van der Waals surface area (Å²) in [6, 6.07) is 3.88. The van der Waals surface area contributed by atoms with Crippen LogP contribution in [0.25, 0.3) is 0 Å². The van der Waals surface area contributed by atoms with Crippen LogP contribution in [0, 0.1) is 0 Å². The van der Waals surface area contributed by atoms with Gasteiger partial charge in [0.25, 0.3) is 5.91 Å². The van der Waals surface area contributed by atoms with Crippen molar-refractivity contribution in [2.24, 2.45) is 0 Å². The number of rotatable bonds is 4. The summed E-state index contributed by atoms with van der Waals surface area (Å²) < 4.78 is 37.5. The van der Waals surface area contributed by atoms with Gasteiger partial charge in [-0.3, -0.25) is 14.4 Å². The standard InChI is InChI=1S/C17H20F3N3O3/c1-12(24)22-8-10-23(11-9-22)15(25)6-7-21-16(26)13-2-4-14(5-3-13)17(18,19)20/h2-5H,6-11H2,1H3,(H,21,26). The van der Waals surface area contributed by atoms with Gasteiger partial charge < -0.3 is 15.1 Å². The summed E-state index contributed by atoms with van der Waals surface area (Å²) in [4.78, 5) is 38.6. The van der Waals surface area contributed by atoms with Gasteiger partial charge in [-0.05, 0) is 24.3 Å². The summed E-state index contributed by atoms with van der Waals surface area (Å²) in [7, 11) is 0. The third kappa shape index (κ3) is 5.21. The summed E-state index contributed by atoms with van der Waals surface area (Å²) in [6.07, 6.45) is -4.36. The van der Waals surface area contributed by atoms with Crippen molar-refractivity contribution in [3.8, 4) is 0 Å². The second-order valence-electron chi connectivity index (χ2n) is 5.97. The van der Waals surface area contributed by atoms with Gasteiger partial charge in [0.2, 0.25) is 11.8 Å². The third-order valence-corrected chi connectivity index (χ3v) is 4.18. The number of nitrogens with one attached hydrogen (secondary N) is 1.